The Labute approximate surface area is 89.7 Å². The second kappa shape index (κ2) is 5.70. The third-order valence-electron chi connectivity index (χ3n) is 2.00. The summed E-state index contributed by atoms with van der Waals surface area (Å²) in [5.74, 6) is 0.601. The molecule has 76 valence electrons. The molecule has 0 bridgehead atoms. The number of ether oxygens (including phenoxy) is 1. The number of thiol groups is 1. The molecule has 3 heteroatoms. The van der Waals surface area contributed by atoms with Gasteiger partial charge in [0.15, 0.2) is 0 Å². The van der Waals surface area contributed by atoms with Crippen molar-refractivity contribution in [3.8, 4) is 0 Å². The lowest BCUT2D eigenvalue weighted by molar-refractivity contribution is 0.0600. The molecule has 1 rings (SSSR count). The summed E-state index contributed by atoms with van der Waals surface area (Å²) < 4.78 is 4.61. The molecule has 0 unspecified atom stereocenters. The molecule has 0 heterocycles. The van der Waals surface area contributed by atoms with Gasteiger partial charge in [0.25, 0.3) is 0 Å². The van der Waals surface area contributed by atoms with Crippen molar-refractivity contribution in [1.29, 1.82) is 0 Å². The average Bonchev–Trinajstić information content (AvgIpc) is 2.26. The Hall–Kier alpha value is -0.960. The van der Waals surface area contributed by atoms with Gasteiger partial charge in [-0.15, -0.1) is 0 Å². The molecule has 0 N–H and O–H groups in total. The summed E-state index contributed by atoms with van der Waals surface area (Å²) in [4.78, 5) is 11.1. The van der Waals surface area contributed by atoms with E-state index in [4.69, 9.17) is 0 Å². The maximum atomic E-state index is 11.1. The molecular weight excluding hydrogens is 196 g/mol. The number of methoxy groups -OCH3 is 1. The fourth-order valence-electron chi connectivity index (χ4n) is 1.21. The number of hydrogen-bond donors (Lipinski definition) is 1. The van der Waals surface area contributed by atoms with E-state index in [1.807, 2.05) is 12.1 Å². The van der Waals surface area contributed by atoms with Crippen molar-refractivity contribution in [2.24, 2.45) is 0 Å². The summed E-state index contributed by atoms with van der Waals surface area (Å²) >= 11 is 4.14. The van der Waals surface area contributed by atoms with Crippen LogP contribution in [0.25, 0.3) is 0 Å². The van der Waals surface area contributed by atoms with Gasteiger partial charge in [0, 0.05) is 0 Å². The predicted molar refractivity (Wildman–Crippen MR) is 60.0 cm³/mol. The van der Waals surface area contributed by atoms with E-state index >= 15 is 0 Å². The van der Waals surface area contributed by atoms with Gasteiger partial charge in [0.1, 0.15) is 0 Å². The fraction of sp³-hybridized carbons (Fsp3) is 0.364. The van der Waals surface area contributed by atoms with E-state index < -0.39 is 0 Å². The van der Waals surface area contributed by atoms with E-state index in [2.05, 4.69) is 17.4 Å². The normalized spacial score (nSPS) is 9.86. The van der Waals surface area contributed by atoms with Crippen molar-refractivity contribution in [1.82, 2.24) is 0 Å². The van der Waals surface area contributed by atoms with E-state index in [1.165, 1.54) is 12.7 Å². The zero-order valence-corrected chi connectivity index (χ0v) is 9.09. The van der Waals surface area contributed by atoms with Crippen LogP contribution in [0.2, 0.25) is 0 Å². The van der Waals surface area contributed by atoms with Gasteiger partial charge in [-0.2, -0.15) is 12.6 Å². The molecule has 1 aromatic carbocycles. The van der Waals surface area contributed by atoms with Gasteiger partial charge in [0.05, 0.1) is 12.7 Å². The van der Waals surface area contributed by atoms with Crippen molar-refractivity contribution < 1.29 is 9.53 Å². The van der Waals surface area contributed by atoms with E-state index in [0.717, 1.165) is 18.6 Å². The maximum absolute atomic E-state index is 11.1. The van der Waals surface area contributed by atoms with Gasteiger partial charge in [-0.25, -0.2) is 4.79 Å². The molecule has 0 aliphatic rings. The van der Waals surface area contributed by atoms with Crippen molar-refractivity contribution >= 4 is 18.6 Å². The summed E-state index contributed by atoms with van der Waals surface area (Å²) in [5.41, 5.74) is 1.83. The van der Waals surface area contributed by atoms with Crippen LogP contribution in [0.1, 0.15) is 22.3 Å². The SMILES string of the molecule is COC(=O)c1ccc(CCCS)cc1. The molecule has 0 fully saturated rings. The minimum atomic E-state index is -0.286. The number of hydrogen-bond acceptors (Lipinski definition) is 3. The Bertz CT molecular complexity index is 293. The average molecular weight is 210 g/mol. The molecule has 0 atom stereocenters. The number of rotatable bonds is 4. The van der Waals surface area contributed by atoms with Crippen LogP contribution in [0, 0.1) is 0 Å². The first kappa shape index (κ1) is 11.1. The van der Waals surface area contributed by atoms with Crippen LogP contribution >= 0.6 is 12.6 Å². The van der Waals surface area contributed by atoms with Crippen molar-refractivity contribution in [2.45, 2.75) is 12.8 Å². The smallest absolute Gasteiger partial charge is 0.337 e. The van der Waals surface area contributed by atoms with E-state index in [-0.39, 0.29) is 5.97 Å². The van der Waals surface area contributed by atoms with E-state index in [0.29, 0.717) is 5.56 Å². The largest absolute Gasteiger partial charge is 0.465 e. The molecule has 0 spiro atoms. The lowest BCUT2D eigenvalue weighted by Gasteiger charge is -2.01. The topological polar surface area (TPSA) is 26.3 Å². The van der Waals surface area contributed by atoms with E-state index in [1.54, 1.807) is 12.1 Å². The lowest BCUT2D eigenvalue weighted by atomic mass is 10.1. The Morgan fingerprint density at radius 2 is 2.00 bits per heavy atom. The number of carbonyl (C=O) groups is 1. The van der Waals surface area contributed by atoms with Crippen molar-refractivity contribution in [2.75, 3.05) is 12.9 Å². The molecule has 0 saturated carbocycles. The Kier molecular flexibility index (Phi) is 4.53. The highest BCUT2D eigenvalue weighted by molar-refractivity contribution is 7.80. The summed E-state index contributed by atoms with van der Waals surface area (Å²) in [7, 11) is 1.39. The summed E-state index contributed by atoms with van der Waals surface area (Å²) in [6, 6.07) is 7.49. The summed E-state index contributed by atoms with van der Waals surface area (Å²) in [6.07, 6.45) is 2.06. The molecule has 0 radical (unpaired) electrons. The summed E-state index contributed by atoms with van der Waals surface area (Å²) in [6.45, 7) is 0. The van der Waals surface area contributed by atoms with Crippen LogP contribution < -0.4 is 0 Å². The molecule has 0 aromatic heterocycles. The summed E-state index contributed by atoms with van der Waals surface area (Å²) in [5, 5.41) is 0. The molecule has 1 aromatic rings. The fourth-order valence-corrected chi connectivity index (χ4v) is 1.37. The lowest BCUT2D eigenvalue weighted by Crippen LogP contribution is -2.00. The number of aryl methyl sites for hydroxylation is 1. The van der Waals surface area contributed by atoms with Gasteiger partial charge >= 0.3 is 5.97 Å². The van der Waals surface area contributed by atoms with Crippen LogP contribution in [-0.2, 0) is 11.2 Å². The van der Waals surface area contributed by atoms with Gasteiger partial charge in [0.2, 0.25) is 0 Å². The third kappa shape index (κ3) is 3.07. The highest BCUT2D eigenvalue weighted by atomic mass is 32.1. The van der Waals surface area contributed by atoms with Crippen LogP contribution in [0.4, 0.5) is 0 Å². The zero-order chi connectivity index (χ0) is 10.4. The molecular formula is C11H14O2S. The first-order valence-electron chi connectivity index (χ1n) is 4.56. The Balaban J connectivity index is 2.63. The predicted octanol–water partition coefficient (Wildman–Crippen LogP) is 2.34. The first-order valence-corrected chi connectivity index (χ1v) is 5.19. The van der Waals surface area contributed by atoms with E-state index in [9.17, 15) is 4.79 Å². The standard InChI is InChI=1S/C11H14O2S/c1-13-11(12)10-6-4-9(5-7-10)3-2-8-14/h4-7,14H,2-3,8H2,1H3. The minimum absolute atomic E-state index is 0.286. The minimum Gasteiger partial charge on any atom is -0.465 e. The highest BCUT2D eigenvalue weighted by Crippen LogP contribution is 2.07. The molecule has 2 nitrogen and oxygen atoms in total. The molecule has 14 heavy (non-hydrogen) atoms. The number of esters is 1. The van der Waals surface area contributed by atoms with Crippen molar-refractivity contribution in [3.63, 3.8) is 0 Å². The van der Waals surface area contributed by atoms with Gasteiger partial charge < -0.3 is 4.74 Å². The second-order valence-corrected chi connectivity index (χ2v) is 3.46. The zero-order valence-electron chi connectivity index (χ0n) is 8.19. The van der Waals surface area contributed by atoms with Gasteiger partial charge in [-0.1, -0.05) is 12.1 Å². The van der Waals surface area contributed by atoms with Crippen LogP contribution in [-0.4, -0.2) is 18.8 Å². The van der Waals surface area contributed by atoms with Gasteiger partial charge in [-0.05, 0) is 36.3 Å². The van der Waals surface area contributed by atoms with Crippen LogP contribution in [0.5, 0.6) is 0 Å². The van der Waals surface area contributed by atoms with Gasteiger partial charge in [-0.3, -0.25) is 0 Å². The molecule has 0 aliphatic carbocycles. The van der Waals surface area contributed by atoms with Crippen LogP contribution in [0.15, 0.2) is 24.3 Å². The molecule has 0 saturated heterocycles. The monoisotopic (exact) mass is 210 g/mol. The molecule has 0 aliphatic heterocycles. The Morgan fingerprint density at radius 3 is 2.50 bits per heavy atom. The number of benzene rings is 1. The van der Waals surface area contributed by atoms with Crippen molar-refractivity contribution in [3.05, 3.63) is 35.4 Å². The quantitative estimate of drug-likeness (QED) is 0.610. The number of carbonyl (C=O) groups excluding carboxylic acids is 1. The van der Waals surface area contributed by atoms with Crippen LogP contribution in [0.3, 0.4) is 0 Å². The first-order chi connectivity index (χ1) is 6.77. The second-order valence-electron chi connectivity index (χ2n) is 3.02. The maximum Gasteiger partial charge on any atom is 0.337 e. The highest BCUT2D eigenvalue weighted by Gasteiger charge is 2.03. The third-order valence-corrected chi connectivity index (χ3v) is 2.31. The molecule has 0 amide bonds. The Morgan fingerprint density at radius 1 is 1.36 bits per heavy atom.